The zero-order chi connectivity index (χ0) is 21.7. The highest BCUT2D eigenvalue weighted by molar-refractivity contribution is 7.98. The number of aliphatic carboxylic acids is 1. The first-order valence-electron chi connectivity index (χ1n) is 9.22. The Morgan fingerprint density at radius 2 is 1.46 bits per heavy atom. The minimum atomic E-state index is -1.18. The van der Waals surface area contributed by atoms with E-state index in [1.54, 1.807) is 0 Å². The van der Waals surface area contributed by atoms with Gasteiger partial charge >= 0.3 is 5.97 Å². The Morgan fingerprint density at radius 3 is 1.96 bits per heavy atom. The molecule has 0 radical (unpaired) electrons. The van der Waals surface area contributed by atoms with Crippen molar-refractivity contribution in [2.75, 3.05) is 18.6 Å². The zero-order valence-corrected chi connectivity index (χ0v) is 17.5. The van der Waals surface area contributed by atoms with Gasteiger partial charge in [0, 0.05) is 0 Å². The molecule has 28 heavy (non-hydrogen) atoms. The van der Waals surface area contributed by atoms with Gasteiger partial charge in [-0.05, 0) is 58.1 Å². The Morgan fingerprint density at radius 1 is 0.929 bits per heavy atom. The summed E-state index contributed by atoms with van der Waals surface area (Å²) in [6.07, 6.45) is 3.79. The van der Waals surface area contributed by atoms with Crippen LogP contribution in [0.2, 0.25) is 0 Å². The average Bonchev–Trinajstić information content (AvgIpc) is 2.63. The van der Waals surface area contributed by atoms with E-state index in [4.69, 9.17) is 16.6 Å². The minimum Gasteiger partial charge on any atom is -0.480 e. The predicted octanol–water partition coefficient (Wildman–Crippen LogP) is -1.23. The molecule has 0 spiro atoms. The highest BCUT2D eigenvalue weighted by Gasteiger charge is 2.28. The molecule has 0 rings (SSSR count). The lowest BCUT2D eigenvalue weighted by molar-refractivity contribution is -0.141. The van der Waals surface area contributed by atoms with E-state index in [2.05, 4.69) is 16.0 Å². The van der Waals surface area contributed by atoms with Crippen LogP contribution < -0.4 is 27.4 Å². The van der Waals surface area contributed by atoms with Crippen LogP contribution in [0.4, 0.5) is 0 Å². The average molecular weight is 420 g/mol. The van der Waals surface area contributed by atoms with Crippen LogP contribution in [0.1, 0.15) is 39.5 Å². The number of thioether (sulfide) groups is 1. The topological polar surface area (TPSA) is 177 Å². The molecule has 0 aliphatic carbocycles. The third kappa shape index (κ3) is 10.5. The highest BCUT2D eigenvalue weighted by atomic mass is 32.2. The summed E-state index contributed by atoms with van der Waals surface area (Å²) >= 11 is 1.52. The summed E-state index contributed by atoms with van der Waals surface area (Å²) in [5.41, 5.74) is 11.0. The van der Waals surface area contributed by atoms with Crippen molar-refractivity contribution in [1.82, 2.24) is 16.0 Å². The van der Waals surface area contributed by atoms with Gasteiger partial charge < -0.3 is 32.5 Å². The van der Waals surface area contributed by atoms with Crippen LogP contribution in [0, 0.1) is 0 Å². The van der Waals surface area contributed by atoms with Crippen molar-refractivity contribution in [2.24, 2.45) is 11.5 Å². The molecule has 11 heteroatoms. The number of amides is 3. The van der Waals surface area contributed by atoms with Crippen molar-refractivity contribution in [3.05, 3.63) is 0 Å². The van der Waals surface area contributed by atoms with E-state index < -0.39 is 47.9 Å². The number of nitrogens with two attached hydrogens (primary N) is 2. The van der Waals surface area contributed by atoms with Gasteiger partial charge in [0.2, 0.25) is 17.7 Å². The summed E-state index contributed by atoms with van der Waals surface area (Å²) in [4.78, 5) is 48.0. The normalized spacial score (nSPS) is 15.0. The number of carboxylic acid groups (broad SMARTS) is 1. The lowest BCUT2D eigenvalue weighted by Crippen LogP contribution is -2.56. The number of hydrogen-bond donors (Lipinski definition) is 6. The molecule has 0 aromatic heterocycles. The van der Waals surface area contributed by atoms with Crippen LogP contribution in [0.5, 0.6) is 0 Å². The fraction of sp³-hybridized carbons (Fsp3) is 0.765. The Hall–Kier alpha value is -1.85. The summed E-state index contributed by atoms with van der Waals surface area (Å²) in [7, 11) is 0. The van der Waals surface area contributed by atoms with Gasteiger partial charge in [-0.2, -0.15) is 11.8 Å². The fourth-order valence-electron chi connectivity index (χ4n) is 2.22. The molecule has 10 nitrogen and oxygen atoms in total. The summed E-state index contributed by atoms with van der Waals surface area (Å²) in [6, 6.07) is -3.63. The van der Waals surface area contributed by atoms with Gasteiger partial charge in [0.15, 0.2) is 0 Å². The van der Waals surface area contributed by atoms with Crippen molar-refractivity contribution in [1.29, 1.82) is 0 Å². The second-order valence-corrected chi connectivity index (χ2v) is 7.53. The number of rotatable bonds is 14. The van der Waals surface area contributed by atoms with Crippen LogP contribution in [0.15, 0.2) is 0 Å². The molecule has 4 atom stereocenters. The van der Waals surface area contributed by atoms with E-state index in [0.29, 0.717) is 38.0 Å². The molecule has 0 aliphatic rings. The molecule has 0 bridgehead atoms. The van der Waals surface area contributed by atoms with Crippen molar-refractivity contribution >= 4 is 35.5 Å². The molecule has 0 saturated carbocycles. The standard InChI is InChI=1S/C17H33N5O5S/c1-10(19)14(23)21-13(7-9-28-3)16(25)22-12(6-4-5-8-18)15(24)20-11(2)17(26)27/h10-13H,4-9,18-19H2,1-3H3,(H,20,24)(H,21,23)(H,22,25)(H,26,27). The van der Waals surface area contributed by atoms with Gasteiger partial charge in [-0.1, -0.05) is 0 Å². The summed E-state index contributed by atoms with van der Waals surface area (Å²) in [5, 5.41) is 16.5. The third-order valence-electron chi connectivity index (χ3n) is 3.97. The lowest BCUT2D eigenvalue weighted by Gasteiger charge is -2.24. The van der Waals surface area contributed by atoms with E-state index in [1.807, 2.05) is 6.26 Å². The van der Waals surface area contributed by atoms with Gasteiger partial charge in [-0.25, -0.2) is 0 Å². The number of unbranched alkanes of at least 4 members (excludes halogenated alkanes) is 1. The van der Waals surface area contributed by atoms with E-state index in [1.165, 1.54) is 25.6 Å². The van der Waals surface area contributed by atoms with Crippen molar-refractivity contribution in [3.63, 3.8) is 0 Å². The highest BCUT2D eigenvalue weighted by Crippen LogP contribution is 2.06. The number of nitrogens with one attached hydrogen (secondary N) is 3. The van der Waals surface area contributed by atoms with E-state index in [0.717, 1.165) is 0 Å². The predicted molar refractivity (Wildman–Crippen MR) is 109 cm³/mol. The van der Waals surface area contributed by atoms with Crippen LogP contribution >= 0.6 is 11.8 Å². The molecular weight excluding hydrogens is 386 g/mol. The molecule has 0 aliphatic heterocycles. The van der Waals surface area contributed by atoms with Gasteiger partial charge in [0.25, 0.3) is 0 Å². The molecule has 0 saturated heterocycles. The molecule has 0 aromatic carbocycles. The van der Waals surface area contributed by atoms with Gasteiger partial charge in [-0.3, -0.25) is 19.2 Å². The smallest absolute Gasteiger partial charge is 0.325 e. The number of carbonyl (C=O) groups excluding carboxylic acids is 3. The van der Waals surface area contributed by atoms with Crippen LogP contribution in [0.25, 0.3) is 0 Å². The molecule has 162 valence electrons. The maximum absolute atomic E-state index is 12.7. The molecule has 0 heterocycles. The Bertz CT molecular complexity index is 532. The maximum atomic E-state index is 12.7. The Labute approximate surface area is 169 Å². The third-order valence-corrected chi connectivity index (χ3v) is 4.61. The van der Waals surface area contributed by atoms with Gasteiger partial charge in [0.05, 0.1) is 6.04 Å². The summed E-state index contributed by atoms with van der Waals surface area (Å²) < 4.78 is 0. The van der Waals surface area contributed by atoms with Gasteiger partial charge in [-0.15, -0.1) is 0 Å². The van der Waals surface area contributed by atoms with Crippen LogP contribution in [-0.2, 0) is 19.2 Å². The number of carboxylic acids is 1. The second kappa shape index (κ2) is 14.2. The Balaban J connectivity index is 5.17. The van der Waals surface area contributed by atoms with Crippen molar-refractivity contribution in [3.8, 4) is 0 Å². The molecule has 0 aromatic rings. The van der Waals surface area contributed by atoms with E-state index in [-0.39, 0.29) is 0 Å². The zero-order valence-electron chi connectivity index (χ0n) is 16.7. The van der Waals surface area contributed by atoms with E-state index >= 15 is 0 Å². The first kappa shape index (κ1) is 26.1. The summed E-state index contributed by atoms with van der Waals surface area (Å²) in [5.74, 6) is -2.13. The number of hydrogen-bond acceptors (Lipinski definition) is 7. The first-order valence-corrected chi connectivity index (χ1v) is 10.6. The molecule has 4 unspecified atom stereocenters. The SMILES string of the molecule is CSCCC(NC(=O)C(C)N)C(=O)NC(CCCCN)C(=O)NC(C)C(=O)O. The fourth-order valence-corrected chi connectivity index (χ4v) is 2.69. The number of carbonyl (C=O) groups is 4. The molecule has 8 N–H and O–H groups in total. The van der Waals surface area contributed by atoms with Crippen LogP contribution in [0.3, 0.4) is 0 Å². The largest absolute Gasteiger partial charge is 0.480 e. The summed E-state index contributed by atoms with van der Waals surface area (Å²) in [6.45, 7) is 3.28. The van der Waals surface area contributed by atoms with E-state index in [9.17, 15) is 19.2 Å². The van der Waals surface area contributed by atoms with Gasteiger partial charge in [0.1, 0.15) is 18.1 Å². The second-order valence-electron chi connectivity index (χ2n) is 6.55. The quantitative estimate of drug-likeness (QED) is 0.190. The first-order chi connectivity index (χ1) is 13.1. The molecular formula is C17H33N5O5S. The Kier molecular flexibility index (Phi) is 13.3. The maximum Gasteiger partial charge on any atom is 0.325 e. The van der Waals surface area contributed by atoms with Crippen molar-refractivity contribution < 1.29 is 24.3 Å². The molecule has 0 fully saturated rings. The monoisotopic (exact) mass is 419 g/mol. The van der Waals surface area contributed by atoms with Crippen molar-refractivity contribution in [2.45, 2.75) is 63.7 Å². The minimum absolute atomic E-state index is 0.303. The molecule has 3 amide bonds. The lowest BCUT2D eigenvalue weighted by atomic mass is 10.1. The van der Waals surface area contributed by atoms with Crippen LogP contribution in [-0.4, -0.2) is 71.5 Å².